The largest absolute Gasteiger partial charge is 0.493 e. The number of ether oxygens (including phenoxy) is 3. The Kier molecular flexibility index (Phi) is 6.54. The summed E-state index contributed by atoms with van der Waals surface area (Å²) in [5, 5.41) is 2.70. The third kappa shape index (κ3) is 5.38. The van der Waals surface area contributed by atoms with Crippen molar-refractivity contribution in [3.8, 4) is 11.5 Å². The van der Waals surface area contributed by atoms with Crippen molar-refractivity contribution in [3.63, 3.8) is 0 Å². The van der Waals surface area contributed by atoms with Crippen LogP contribution in [0.15, 0.2) is 48.5 Å². The molecule has 1 heterocycles. The first-order chi connectivity index (χ1) is 14.0. The second-order valence-corrected chi connectivity index (χ2v) is 6.83. The molecule has 0 spiro atoms. The van der Waals surface area contributed by atoms with Crippen molar-refractivity contribution < 1.29 is 23.8 Å². The molecule has 1 N–H and O–H groups in total. The molecule has 0 saturated carbocycles. The summed E-state index contributed by atoms with van der Waals surface area (Å²) in [7, 11) is 0. The fourth-order valence-electron chi connectivity index (χ4n) is 3.06. The molecule has 152 valence electrons. The predicted molar refractivity (Wildman–Crippen MR) is 111 cm³/mol. The lowest BCUT2D eigenvalue weighted by molar-refractivity contribution is -0.148. The highest BCUT2D eigenvalue weighted by molar-refractivity contribution is 5.96. The van der Waals surface area contributed by atoms with E-state index in [1.54, 1.807) is 18.2 Å². The van der Waals surface area contributed by atoms with Crippen LogP contribution in [0.2, 0.25) is 0 Å². The van der Waals surface area contributed by atoms with Gasteiger partial charge < -0.3 is 19.5 Å². The summed E-state index contributed by atoms with van der Waals surface area (Å²) < 4.78 is 16.7. The molecular formula is C23H25NO5. The lowest BCUT2D eigenvalue weighted by Gasteiger charge is -2.12. The van der Waals surface area contributed by atoms with Crippen molar-refractivity contribution in [1.29, 1.82) is 0 Å². The van der Waals surface area contributed by atoms with Crippen molar-refractivity contribution in [1.82, 2.24) is 0 Å². The van der Waals surface area contributed by atoms with Crippen LogP contribution in [0.5, 0.6) is 11.5 Å². The lowest BCUT2D eigenvalue weighted by atomic mass is 10.1. The number of fused-ring (bicyclic) bond motifs is 1. The van der Waals surface area contributed by atoms with Crippen LogP contribution in [0.4, 0.5) is 5.69 Å². The van der Waals surface area contributed by atoms with Gasteiger partial charge in [0.1, 0.15) is 17.6 Å². The van der Waals surface area contributed by atoms with E-state index in [9.17, 15) is 9.59 Å². The number of rotatable bonds is 7. The van der Waals surface area contributed by atoms with Crippen molar-refractivity contribution >= 4 is 23.6 Å². The summed E-state index contributed by atoms with van der Waals surface area (Å²) in [6, 6.07) is 12.8. The summed E-state index contributed by atoms with van der Waals surface area (Å²) in [5.41, 5.74) is 2.45. The van der Waals surface area contributed by atoms with Gasteiger partial charge in [0.25, 0.3) is 5.91 Å². The average molecular weight is 395 g/mol. The van der Waals surface area contributed by atoms with E-state index in [1.807, 2.05) is 44.2 Å². The highest BCUT2D eigenvalue weighted by Gasteiger charge is 2.21. The molecule has 6 heteroatoms. The van der Waals surface area contributed by atoms with Gasteiger partial charge in [-0.25, -0.2) is 4.79 Å². The maximum Gasteiger partial charge on any atom is 0.331 e. The minimum Gasteiger partial charge on any atom is -0.493 e. The van der Waals surface area contributed by atoms with E-state index in [4.69, 9.17) is 14.2 Å². The van der Waals surface area contributed by atoms with Crippen molar-refractivity contribution in [2.45, 2.75) is 39.4 Å². The van der Waals surface area contributed by atoms with Crippen LogP contribution in [0.25, 0.3) is 6.08 Å². The first kappa shape index (κ1) is 20.5. The van der Waals surface area contributed by atoms with E-state index < -0.39 is 18.0 Å². The SMILES string of the molecule is CCOc1cc2c(cc1C=CC(=O)OC(C)C(=O)Nc1ccccc1)OC(C)C2. The maximum atomic E-state index is 12.2. The Labute approximate surface area is 170 Å². The maximum absolute atomic E-state index is 12.2. The normalized spacial score (nSPS) is 16.0. The molecule has 1 amide bonds. The predicted octanol–water partition coefficient (Wildman–Crippen LogP) is 3.99. The third-order valence-electron chi connectivity index (χ3n) is 4.43. The fourth-order valence-corrected chi connectivity index (χ4v) is 3.06. The number of benzene rings is 2. The first-order valence-electron chi connectivity index (χ1n) is 9.67. The summed E-state index contributed by atoms with van der Waals surface area (Å²) in [6.45, 7) is 5.95. The number of amides is 1. The second-order valence-electron chi connectivity index (χ2n) is 6.83. The fraction of sp³-hybridized carbons (Fsp3) is 0.304. The summed E-state index contributed by atoms with van der Waals surface area (Å²) in [5.74, 6) is 0.471. The highest BCUT2D eigenvalue weighted by Crippen LogP contribution is 2.35. The van der Waals surface area contributed by atoms with Gasteiger partial charge in [0.05, 0.1) is 6.61 Å². The number of para-hydroxylation sites is 1. The molecule has 2 atom stereocenters. The Morgan fingerprint density at radius 2 is 2.03 bits per heavy atom. The van der Waals surface area contributed by atoms with Crippen LogP contribution in [-0.4, -0.2) is 30.7 Å². The molecule has 0 saturated heterocycles. The van der Waals surface area contributed by atoms with E-state index in [0.29, 0.717) is 18.0 Å². The van der Waals surface area contributed by atoms with Crippen molar-refractivity contribution in [2.75, 3.05) is 11.9 Å². The monoisotopic (exact) mass is 395 g/mol. The van der Waals surface area contributed by atoms with E-state index >= 15 is 0 Å². The summed E-state index contributed by atoms with van der Waals surface area (Å²) in [4.78, 5) is 24.3. The molecule has 2 aromatic rings. The average Bonchev–Trinajstić information content (AvgIpc) is 3.06. The van der Waals surface area contributed by atoms with E-state index in [1.165, 1.54) is 13.0 Å². The van der Waals surface area contributed by atoms with Gasteiger partial charge >= 0.3 is 5.97 Å². The van der Waals surface area contributed by atoms with Crippen LogP contribution in [0, 0.1) is 0 Å². The topological polar surface area (TPSA) is 73.9 Å². The van der Waals surface area contributed by atoms with Gasteiger partial charge in [-0.3, -0.25) is 4.79 Å². The van der Waals surface area contributed by atoms with E-state index in [2.05, 4.69) is 5.32 Å². The zero-order valence-electron chi connectivity index (χ0n) is 16.8. The molecule has 0 fully saturated rings. The van der Waals surface area contributed by atoms with Gasteiger partial charge in [-0.05, 0) is 51.1 Å². The van der Waals surface area contributed by atoms with Crippen molar-refractivity contribution in [3.05, 3.63) is 59.7 Å². The van der Waals surface area contributed by atoms with Gasteiger partial charge in [0, 0.05) is 29.3 Å². The van der Waals surface area contributed by atoms with E-state index in [-0.39, 0.29) is 6.10 Å². The summed E-state index contributed by atoms with van der Waals surface area (Å²) in [6.07, 6.45) is 2.92. The zero-order valence-corrected chi connectivity index (χ0v) is 16.8. The Balaban J connectivity index is 1.64. The van der Waals surface area contributed by atoms with Crippen LogP contribution < -0.4 is 14.8 Å². The molecule has 0 aromatic heterocycles. The van der Waals surface area contributed by atoms with Gasteiger partial charge in [0.15, 0.2) is 6.10 Å². The smallest absolute Gasteiger partial charge is 0.331 e. The molecule has 6 nitrogen and oxygen atoms in total. The first-order valence-corrected chi connectivity index (χ1v) is 9.67. The van der Waals surface area contributed by atoms with Gasteiger partial charge in [0.2, 0.25) is 0 Å². The Morgan fingerprint density at radius 1 is 1.28 bits per heavy atom. The molecule has 1 aliphatic heterocycles. The highest BCUT2D eigenvalue weighted by atomic mass is 16.5. The third-order valence-corrected chi connectivity index (χ3v) is 4.43. The Bertz CT molecular complexity index is 907. The molecule has 0 aliphatic carbocycles. The molecule has 1 aliphatic rings. The summed E-state index contributed by atoms with van der Waals surface area (Å²) >= 11 is 0. The number of carbonyl (C=O) groups excluding carboxylic acids is 2. The van der Waals surface area contributed by atoms with Crippen LogP contribution in [0.1, 0.15) is 31.9 Å². The molecule has 29 heavy (non-hydrogen) atoms. The molecule has 0 bridgehead atoms. The number of hydrogen-bond donors (Lipinski definition) is 1. The quantitative estimate of drug-likeness (QED) is 0.567. The molecule has 2 aromatic carbocycles. The van der Waals surface area contributed by atoms with Gasteiger partial charge in [-0.2, -0.15) is 0 Å². The number of esters is 1. The minimum absolute atomic E-state index is 0.118. The Morgan fingerprint density at radius 3 is 2.76 bits per heavy atom. The van der Waals surface area contributed by atoms with Crippen LogP contribution >= 0.6 is 0 Å². The molecule has 2 unspecified atom stereocenters. The van der Waals surface area contributed by atoms with E-state index in [0.717, 1.165) is 23.3 Å². The molecule has 0 radical (unpaired) electrons. The Hall–Kier alpha value is -3.28. The van der Waals surface area contributed by atoms with Gasteiger partial charge in [-0.15, -0.1) is 0 Å². The molecular weight excluding hydrogens is 370 g/mol. The lowest BCUT2D eigenvalue weighted by Crippen LogP contribution is -2.29. The van der Waals surface area contributed by atoms with Crippen LogP contribution in [0.3, 0.4) is 0 Å². The standard InChI is InChI=1S/C23H25NO5/c1-4-27-20-14-18-12-15(2)28-21(18)13-17(20)10-11-22(25)29-16(3)23(26)24-19-8-6-5-7-9-19/h5-11,13-16H,4,12H2,1-3H3,(H,24,26). The van der Waals surface area contributed by atoms with Crippen molar-refractivity contribution in [2.24, 2.45) is 0 Å². The number of hydrogen-bond acceptors (Lipinski definition) is 5. The minimum atomic E-state index is -0.928. The van der Waals surface area contributed by atoms with Crippen LogP contribution in [-0.2, 0) is 20.7 Å². The second kappa shape index (κ2) is 9.28. The molecule has 3 rings (SSSR count). The number of carbonyl (C=O) groups is 2. The number of nitrogens with one attached hydrogen (secondary N) is 1. The van der Waals surface area contributed by atoms with Gasteiger partial charge in [-0.1, -0.05) is 18.2 Å². The zero-order chi connectivity index (χ0) is 20.8. The number of anilines is 1.